The van der Waals surface area contributed by atoms with Gasteiger partial charge in [-0.05, 0) is 18.9 Å². The number of alkyl halides is 4. The van der Waals surface area contributed by atoms with E-state index in [9.17, 15) is 13.2 Å². The molecule has 3 aromatic rings. The fourth-order valence-corrected chi connectivity index (χ4v) is 3.66. The van der Waals surface area contributed by atoms with Gasteiger partial charge < -0.3 is 9.64 Å². The van der Waals surface area contributed by atoms with Crippen LogP contribution in [0.15, 0.2) is 36.1 Å². The molecule has 3 aromatic heterocycles. The zero-order valence-corrected chi connectivity index (χ0v) is 16.3. The summed E-state index contributed by atoms with van der Waals surface area (Å²) in [5.41, 5.74) is -0.735. The van der Waals surface area contributed by atoms with Crippen LogP contribution in [0.25, 0.3) is 10.7 Å². The summed E-state index contributed by atoms with van der Waals surface area (Å²) in [6.45, 7) is 0.128. The van der Waals surface area contributed by atoms with Gasteiger partial charge in [0.25, 0.3) is 0 Å². The second kappa shape index (κ2) is 8.09. The standard InChI is InChI=1S/C18H16F4N6OS/c19-17(10-29-15-4-1-3-13(26-15)18(20,21)22)5-2-6-28(9-17)14-8-23-7-12(25-14)16-27-24-11-30-16/h1,3-4,7-8,11H,2,5-6,9-10H2. The molecule has 4 heterocycles. The van der Waals surface area contributed by atoms with Crippen LogP contribution in [0.2, 0.25) is 0 Å². The second-order valence-electron chi connectivity index (χ2n) is 6.83. The van der Waals surface area contributed by atoms with Gasteiger partial charge in [-0.1, -0.05) is 17.4 Å². The van der Waals surface area contributed by atoms with Gasteiger partial charge in [0, 0.05) is 12.6 Å². The number of anilines is 1. The van der Waals surface area contributed by atoms with E-state index in [4.69, 9.17) is 4.74 Å². The number of aromatic nitrogens is 5. The molecule has 1 aliphatic rings. The lowest BCUT2D eigenvalue weighted by Gasteiger charge is -2.37. The molecule has 12 heteroatoms. The average molecular weight is 440 g/mol. The Bertz CT molecular complexity index is 1000. The fourth-order valence-electron chi connectivity index (χ4n) is 3.15. The van der Waals surface area contributed by atoms with Gasteiger partial charge in [0.1, 0.15) is 29.3 Å². The molecule has 0 bridgehead atoms. The van der Waals surface area contributed by atoms with Gasteiger partial charge in [0.2, 0.25) is 5.88 Å². The summed E-state index contributed by atoms with van der Waals surface area (Å²) in [6.07, 6.45) is -0.762. The number of rotatable bonds is 5. The molecule has 0 aliphatic carbocycles. The van der Waals surface area contributed by atoms with Gasteiger partial charge in [-0.2, -0.15) is 13.2 Å². The number of ether oxygens (including phenoxy) is 1. The van der Waals surface area contributed by atoms with Crippen LogP contribution in [0.5, 0.6) is 5.88 Å². The first-order chi connectivity index (χ1) is 14.3. The molecule has 0 amide bonds. The smallest absolute Gasteiger partial charge is 0.433 e. The maximum absolute atomic E-state index is 15.4. The van der Waals surface area contributed by atoms with Crippen LogP contribution < -0.4 is 9.64 Å². The third-order valence-electron chi connectivity index (χ3n) is 4.54. The van der Waals surface area contributed by atoms with E-state index in [0.29, 0.717) is 29.5 Å². The van der Waals surface area contributed by atoms with Crippen molar-refractivity contribution in [2.45, 2.75) is 24.7 Å². The van der Waals surface area contributed by atoms with Crippen molar-refractivity contribution in [2.75, 3.05) is 24.6 Å². The van der Waals surface area contributed by atoms with Gasteiger partial charge in [-0.15, -0.1) is 10.2 Å². The zero-order valence-electron chi connectivity index (χ0n) is 15.5. The van der Waals surface area contributed by atoms with Crippen LogP contribution in [-0.2, 0) is 6.18 Å². The highest BCUT2D eigenvalue weighted by molar-refractivity contribution is 7.12. The quantitative estimate of drug-likeness (QED) is 0.559. The zero-order chi connectivity index (χ0) is 21.2. The van der Waals surface area contributed by atoms with E-state index < -0.39 is 24.1 Å². The molecule has 158 valence electrons. The highest BCUT2D eigenvalue weighted by atomic mass is 32.1. The van der Waals surface area contributed by atoms with Crippen LogP contribution in [-0.4, -0.2) is 50.5 Å². The van der Waals surface area contributed by atoms with Gasteiger partial charge in [-0.25, -0.2) is 14.4 Å². The topological polar surface area (TPSA) is 76.9 Å². The number of hydrogen-bond acceptors (Lipinski definition) is 8. The van der Waals surface area contributed by atoms with Crippen LogP contribution >= 0.6 is 11.3 Å². The Morgan fingerprint density at radius 2 is 2.07 bits per heavy atom. The summed E-state index contributed by atoms with van der Waals surface area (Å²) >= 11 is 1.32. The molecule has 0 radical (unpaired) electrons. The molecule has 0 saturated carbocycles. The minimum absolute atomic E-state index is 0.0276. The predicted molar refractivity (Wildman–Crippen MR) is 101 cm³/mol. The molecule has 0 aromatic carbocycles. The van der Waals surface area contributed by atoms with E-state index in [1.54, 1.807) is 16.6 Å². The molecule has 1 aliphatic heterocycles. The van der Waals surface area contributed by atoms with E-state index >= 15 is 4.39 Å². The third-order valence-corrected chi connectivity index (χ3v) is 5.26. The molecule has 1 saturated heterocycles. The van der Waals surface area contributed by atoms with Crippen molar-refractivity contribution in [3.63, 3.8) is 0 Å². The minimum Gasteiger partial charge on any atom is -0.474 e. The minimum atomic E-state index is -4.59. The first-order valence-corrected chi connectivity index (χ1v) is 9.90. The summed E-state index contributed by atoms with van der Waals surface area (Å²) in [7, 11) is 0. The fraction of sp³-hybridized carbons (Fsp3) is 0.389. The summed E-state index contributed by atoms with van der Waals surface area (Å²) in [5.74, 6) is 0.221. The molecule has 1 atom stereocenters. The largest absolute Gasteiger partial charge is 0.474 e. The monoisotopic (exact) mass is 440 g/mol. The molecular formula is C18H16F4N6OS. The second-order valence-corrected chi connectivity index (χ2v) is 7.66. The molecule has 7 nitrogen and oxygen atoms in total. The van der Waals surface area contributed by atoms with Gasteiger partial charge in [0.15, 0.2) is 10.7 Å². The Balaban J connectivity index is 1.45. The predicted octanol–water partition coefficient (Wildman–Crippen LogP) is 3.80. The van der Waals surface area contributed by atoms with Gasteiger partial charge >= 0.3 is 6.18 Å². The molecule has 4 rings (SSSR count). The molecule has 1 fully saturated rings. The third kappa shape index (κ3) is 4.64. The normalized spacial score (nSPS) is 19.7. The molecular weight excluding hydrogens is 424 g/mol. The lowest BCUT2D eigenvalue weighted by atomic mass is 9.95. The van der Waals surface area contributed by atoms with E-state index in [0.717, 1.165) is 6.07 Å². The molecule has 0 N–H and O–H groups in total. The lowest BCUT2D eigenvalue weighted by Crippen LogP contribution is -2.49. The van der Waals surface area contributed by atoms with Gasteiger partial charge in [0.05, 0.1) is 18.9 Å². The van der Waals surface area contributed by atoms with Crippen molar-refractivity contribution in [3.8, 4) is 16.6 Å². The molecule has 30 heavy (non-hydrogen) atoms. The van der Waals surface area contributed by atoms with Crippen LogP contribution in [0.4, 0.5) is 23.4 Å². The van der Waals surface area contributed by atoms with Crippen molar-refractivity contribution in [2.24, 2.45) is 0 Å². The van der Waals surface area contributed by atoms with E-state index in [1.165, 1.54) is 29.7 Å². The Morgan fingerprint density at radius 3 is 2.83 bits per heavy atom. The van der Waals surface area contributed by atoms with Crippen molar-refractivity contribution >= 4 is 17.2 Å². The average Bonchev–Trinajstić information content (AvgIpc) is 3.27. The summed E-state index contributed by atoms with van der Waals surface area (Å²) in [4.78, 5) is 13.8. The van der Waals surface area contributed by atoms with E-state index in [-0.39, 0.29) is 18.8 Å². The number of pyridine rings is 1. The SMILES string of the molecule is FC1(COc2cccc(C(F)(F)F)n2)CCCN(c2cncc(-c3nncs3)n2)C1. The van der Waals surface area contributed by atoms with Crippen molar-refractivity contribution < 1.29 is 22.3 Å². The molecule has 0 spiro atoms. The summed E-state index contributed by atoms with van der Waals surface area (Å²) in [5, 5.41) is 8.33. The Morgan fingerprint density at radius 1 is 1.20 bits per heavy atom. The van der Waals surface area contributed by atoms with Crippen molar-refractivity contribution in [3.05, 3.63) is 41.8 Å². The van der Waals surface area contributed by atoms with E-state index in [2.05, 4.69) is 25.1 Å². The number of piperidine rings is 1. The Labute approximate surface area is 172 Å². The maximum Gasteiger partial charge on any atom is 0.433 e. The van der Waals surface area contributed by atoms with Gasteiger partial charge in [-0.3, -0.25) is 4.98 Å². The first kappa shape index (κ1) is 20.4. The van der Waals surface area contributed by atoms with E-state index in [1.807, 2.05) is 0 Å². The van der Waals surface area contributed by atoms with Crippen LogP contribution in [0, 0.1) is 0 Å². The van der Waals surface area contributed by atoms with Crippen LogP contribution in [0.1, 0.15) is 18.5 Å². The highest BCUT2D eigenvalue weighted by Crippen LogP contribution is 2.31. The summed E-state index contributed by atoms with van der Waals surface area (Å²) < 4.78 is 59.1. The Kier molecular flexibility index (Phi) is 5.50. The van der Waals surface area contributed by atoms with Crippen LogP contribution in [0.3, 0.4) is 0 Å². The molecule has 1 unspecified atom stereocenters. The number of hydrogen-bond donors (Lipinski definition) is 0. The summed E-state index contributed by atoms with van der Waals surface area (Å²) in [6, 6.07) is 3.29. The van der Waals surface area contributed by atoms with Crippen molar-refractivity contribution in [1.82, 2.24) is 25.1 Å². The Hall–Kier alpha value is -2.89. The maximum atomic E-state index is 15.4. The van der Waals surface area contributed by atoms with Crippen molar-refractivity contribution in [1.29, 1.82) is 0 Å². The first-order valence-electron chi connectivity index (χ1n) is 9.02. The number of nitrogens with zero attached hydrogens (tertiary/aromatic N) is 6. The lowest BCUT2D eigenvalue weighted by molar-refractivity contribution is -0.141. The highest BCUT2D eigenvalue weighted by Gasteiger charge is 2.38. The number of halogens is 4.